The summed E-state index contributed by atoms with van der Waals surface area (Å²) in [6.45, 7) is 5.70. The summed E-state index contributed by atoms with van der Waals surface area (Å²) >= 11 is 0. The Balaban J connectivity index is 1.27. The summed E-state index contributed by atoms with van der Waals surface area (Å²) in [5.74, 6) is 0.490. The number of nitrogens with zero attached hydrogens (tertiary/aromatic N) is 3. The smallest absolute Gasteiger partial charge is 0.254 e. The number of carbonyl (C=O) groups is 1. The molecule has 1 atom stereocenters. The van der Waals surface area contributed by atoms with E-state index in [1.165, 1.54) is 5.56 Å². The van der Waals surface area contributed by atoms with Crippen molar-refractivity contribution in [2.24, 2.45) is 0 Å². The Bertz CT molecular complexity index is 737. The van der Waals surface area contributed by atoms with Crippen LogP contribution in [0, 0.1) is 0 Å². The number of benzene rings is 1. The Morgan fingerprint density at radius 1 is 1.11 bits per heavy atom. The van der Waals surface area contributed by atoms with Crippen molar-refractivity contribution >= 4 is 17.4 Å². The van der Waals surface area contributed by atoms with Crippen molar-refractivity contribution in [1.82, 2.24) is 9.88 Å². The Hall–Kier alpha value is -2.44. The van der Waals surface area contributed by atoms with Crippen LogP contribution in [0.4, 0.5) is 11.5 Å². The van der Waals surface area contributed by atoms with Gasteiger partial charge in [0.1, 0.15) is 11.9 Å². The van der Waals surface area contributed by atoms with Gasteiger partial charge in [-0.1, -0.05) is 30.3 Å². The van der Waals surface area contributed by atoms with Crippen LogP contribution in [0.15, 0.2) is 48.7 Å². The number of hydrogen-bond donors (Lipinski definition) is 1. The number of ether oxygens (including phenoxy) is 1. The maximum Gasteiger partial charge on any atom is 0.254 e. The van der Waals surface area contributed by atoms with E-state index in [2.05, 4.69) is 50.4 Å². The number of anilines is 2. The molecule has 1 amide bonds. The molecule has 142 valence electrons. The third-order valence-corrected chi connectivity index (χ3v) is 5.21. The van der Waals surface area contributed by atoms with Gasteiger partial charge in [-0.25, -0.2) is 4.98 Å². The lowest BCUT2D eigenvalue weighted by Crippen LogP contribution is -2.46. The minimum absolute atomic E-state index is 0.0951. The average molecular weight is 366 g/mol. The highest BCUT2D eigenvalue weighted by Gasteiger charge is 2.24. The molecule has 1 unspecified atom stereocenters. The molecule has 2 aliphatic heterocycles. The molecular weight excluding hydrogens is 340 g/mol. The van der Waals surface area contributed by atoms with E-state index in [0.29, 0.717) is 12.4 Å². The van der Waals surface area contributed by atoms with Gasteiger partial charge >= 0.3 is 0 Å². The molecule has 0 bridgehead atoms. The molecule has 1 N–H and O–H groups in total. The molecule has 6 heteroatoms. The van der Waals surface area contributed by atoms with E-state index in [1.807, 2.05) is 18.3 Å². The van der Waals surface area contributed by atoms with Crippen molar-refractivity contribution in [1.29, 1.82) is 0 Å². The van der Waals surface area contributed by atoms with E-state index < -0.39 is 0 Å². The van der Waals surface area contributed by atoms with Crippen molar-refractivity contribution in [3.8, 4) is 0 Å². The topological polar surface area (TPSA) is 57.7 Å². The highest BCUT2D eigenvalue weighted by Crippen LogP contribution is 2.19. The van der Waals surface area contributed by atoms with Crippen LogP contribution in [0.2, 0.25) is 0 Å². The van der Waals surface area contributed by atoms with Gasteiger partial charge in [0.15, 0.2) is 0 Å². The summed E-state index contributed by atoms with van der Waals surface area (Å²) in [5, 5.41) is 2.85. The van der Waals surface area contributed by atoms with Crippen LogP contribution in [0.3, 0.4) is 0 Å². The van der Waals surface area contributed by atoms with Crippen molar-refractivity contribution < 1.29 is 9.53 Å². The van der Waals surface area contributed by atoms with E-state index in [0.717, 1.165) is 51.3 Å². The molecule has 0 saturated carbocycles. The summed E-state index contributed by atoms with van der Waals surface area (Å²) < 4.78 is 5.41. The maximum atomic E-state index is 12.1. The first-order valence-corrected chi connectivity index (χ1v) is 9.68. The van der Waals surface area contributed by atoms with Gasteiger partial charge in [-0.2, -0.15) is 0 Å². The molecule has 27 heavy (non-hydrogen) atoms. The zero-order valence-corrected chi connectivity index (χ0v) is 15.5. The number of piperazine rings is 1. The third-order valence-electron chi connectivity index (χ3n) is 5.21. The molecule has 0 aliphatic carbocycles. The largest absolute Gasteiger partial charge is 0.368 e. The first kappa shape index (κ1) is 17.9. The second-order valence-corrected chi connectivity index (χ2v) is 7.14. The van der Waals surface area contributed by atoms with E-state index in [-0.39, 0.29) is 12.0 Å². The molecule has 2 fully saturated rings. The molecule has 1 aromatic carbocycles. The van der Waals surface area contributed by atoms with Gasteiger partial charge in [0.05, 0.1) is 11.9 Å². The second-order valence-electron chi connectivity index (χ2n) is 7.14. The fourth-order valence-electron chi connectivity index (χ4n) is 3.64. The molecule has 2 aromatic rings. The highest BCUT2D eigenvalue weighted by molar-refractivity contribution is 5.93. The van der Waals surface area contributed by atoms with Crippen LogP contribution in [-0.4, -0.2) is 54.7 Å². The fourth-order valence-corrected chi connectivity index (χ4v) is 3.64. The molecular formula is C21H26N4O2. The van der Waals surface area contributed by atoms with Crippen molar-refractivity contribution in [2.45, 2.75) is 25.5 Å². The van der Waals surface area contributed by atoms with Gasteiger partial charge in [-0.3, -0.25) is 9.69 Å². The van der Waals surface area contributed by atoms with Crippen molar-refractivity contribution in [2.75, 3.05) is 43.0 Å². The van der Waals surface area contributed by atoms with Crippen LogP contribution in [0.25, 0.3) is 0 Å². The van der Waals surface area contributed by atoms with Crippen LogP contribution >= 0.6 is 0 Å². The van der Waals surface area contributed by atoms with Gasteiger partial charge in [-0.15, -0.1) is 0 Å². The highest BCUT2D eigenvalue weighted by atomic mass is 16.5. The van der Waals surface area contributed by atoms with Gasteiger partial charge in [0.2, 0.25) is 0 Å². The number of nitrogens with one attached hydrogen (secondary N) is 1. The predicted octanol–water partition coefficient (Wildman–Crippen LogP) is 2.52. The molecule has 4 rings (SSSR count). The molecule has 6 nitrogen and oxygen atoms in total. The lowest BCUT2D eigenvalue weighted by Gasteiger charge is -2.36. The summed E-state index contributed by atoms with van der Waals surface area (Å²) in [6, 6.07) is 14.5. The minimum Gasteiger partial charge on any atom is -0.368 e. The fraction of sp³-hybridized carbons (Fsp3) is 0.429. The Morgan fingerprint density at radius 3 is 2.59 bits per heavy atom. The summed E-state index contributed by atoms with van der Waals surface area (Å²) in [4.78, 5) is 21.3. The second kappa shape index (κ2) is 8.50. The maximum absolute atomic E-state index is 12.1. The van der Waals surface area contributed by atoms with E-state index in [4.69, 9.17) is 4.74 Å². The zero-order chi connectivity index (χ0) is 18.5. The van der Waals surface area contributed by atoms with Gasteiger partial charge in [0.25, 0.3) is 5.91 Å². The summed E-state index contributed by atoms with van der Waals surface area (Å²) in [6.07, 6.45) is 3.25. The normalized spacial score (nSPS) is 20.6. The first-order chi connectivity index (χ1) is 13.3. The Morgan fingerprint density at radius 2 is 1.93 bits per heavy atom. The number of pyridine rings is 1. The molecule has 0 spiro atoms. The van der Waals surface area contributed by atoms with Crippen LogP contribution in [-0.2, 0) is 16.1 Å². The SMILES string of the molecule is O=C(Nc1ccc(N2CCN(Cc3ccccc3)CC2)cn1)C1CCCO1. The molecule has 2 aliphatic rings. The summed E-state index contributed by atoms with van der Waals surface area (Å²) in [5.41, 5.74) is 2.46. The monoisotopic (exact) mass is 366 g/mol. The van der Waals surface area contributed by atoms with E-state index in [1.54, 1.807) is 0 Å². The third kappa shape index (κ3) is 4.64. The molecule has 2 saturated heterocycles. The quantitative estimate of drug-likeness (QED) is 0.881. The van der Waals surface area contributed by atoms with Crippen molar-refractivity contribution in [3.05, 3.63) is 54.2 Å². The molecule has 3 heterocycles. The van der Waals surface area contributed by atoms with Crippen LogP contribution in [0.5, 0.6) is 0 Å². The molecule has 0 radical (unpaired) electrons. The number of carbonyl (C=O) groups excluding carboxylic acids is 1. The number of hydrogen-bond acceptors (Lipinski definition) is 5. The molecule has 1 aromatic heterocycles. The first-order valence-electron chi connectivity index (χ1n) is 9.68. The van der Waals surface area contributed by atoms with Crippen LogP contribution < -0.4 is 10.2 Å². The standard InChI is InChI=1S/C21H26N4O2/c26-21(19-7-4-14-27-19)23-20-9-8-18(15-22-20)25-12-10-24(11-13-25)16-17-5-2-1-3-6-17/h1-3,5-6,8-9,15,19H,4,7,10-14,16H2,(H,22,23,26). The zero-order valence-electron chi connectivity index (χ0n) is 15.5. The lowest BCUT2D eigenvalue weighted by molar-refractivity contribution is -0.124. The minimum atomic E-state index is -0.329. The van der Waals surface area contributed by atoms with E-state index in [9.17, 15) is 4.79 Å². The number of aromatic nitrogens is 1. The number of amides is 1. The Labute approximate surface area is 160 Å². The van der Waals surface area contributed by atoms with Crippen molar-refractivity contribution in [3.63, 3.8) is 0 Å². The Kier molecular flexibility index (Phi) is 5.65. The van der Waals surface area contributed by atoms with Gasteiger partial charge < -0.3 is 15.0 Å². The van der Waals surface area contributed by atoms with E-state index >= 15 is 0 Å². The van der Waals surface area contributed by atoms with Gasteiger partial charge in [0, 0.05) is 39.3 Å². The number of rotatable bonds is 5. The van der Waals surface area contributed by atoms with Gasteiger partial charge in [-0.05, 0) is 30.5 Å². The lowest BCUT2D eigenvalue weighted by atomic mass is 10.2. The predicted molar refractivity (Wildman–Crippen MR) is 106 cm³/mol. The average Bonchev–Trinajstić information content (AvgIpc) is 3.25. The summed E-state index contributed by atoms with van der Waals surface area (Å²) in [7, 11) is 0. The van der Waals surface area contributed by atoms with Crippen LogP contribution in [0.1, 0.15) is 18.4 Å².